The Bertz CT molecular complexity index is 232. The molecule has 1 aromatic carbocycles. The van der Waals surface area contributed by atoms with Crippen LogP contribution >= 0.6 is 0 Å². The molecule has 12 heavy (non-hydrogen) atoms. The van der Waals surface area contributed by atoms with E-state index >= 15 is 0 Å². The predicted octanol–water partition coefficient (Wildman–Crippen LogP) is 0.542. The highest BCUT2D eigenvalue weighted by atomic mass is 16.5. The first-order valence-corrected chi connectivity index (χ1v) is 4.13. The van der Waals surface area contributed by atoms with E-state index in [4.69, 9.17) is 4.74 Å². The Labute approximate surface area is 71.7 Å². The number of rotatable bonds is 2. The summed E-state index contributed by atoms with van der Waals surface area (Å²) >= 11 is 0. The zero-order valence-corrected chi connectivity index (χ0v) is 6.79. The molecule has 0 amide bonds. The summed E-state index contributed by atoms with van der Waals surface area (Å²) in [6.45, 7) is 1.94. The molecule has 1 aromatic rings. The number of para-hydroxylation sites is 1. The van der Waals surface area contributed by atoms with E-state index < -0.39 is 0 Å². The van der Waals surface area contributed by atoms with E-state index in [0.717, 1.165) is 18.8 Å². The lowest BCUT2D eigenvalue weighted by molar-refractivity contribution is 0.165. The van der Waals surface area contributed by atoms with E-state index in [1.165, 1.54) is 0 Å². The van der Waals surface area contributed by atoms with E-state index in [1.54, 1.807) is 0 Å². The molecule has 0 saturated carbocycles. The van der Waals surface area contributed by atoms with Crippen LogP contribution in [0.25, 0.3) is 0 Å². The monoisotopic (exact) mass is 164 g/mol. The van der Waals surface area contributed by atoms with E-state index in [1.807, 2.05) is 30.3 Å². The maximum atomic E-state index is 5.55. The van der Waals surface area contributed by atoms with Gasteiger partial charge in [-0.25, -0.2) is 0 Å². The van der Waals surface area contributed by atoms with Crippen molar-refractivity contribution in [3.05, 3.63) is 30.3 Å². The SMILES string of the molecule is c1ccc(OC2NCCN2)cc1. The van der Waals surface area contributed by atoms with Crippen molar-refractivity contribution in [1.82, 2.24) is 10.6 Å². The highest BCUT2D eigenvalue weighted by Crippen LogP contribution is 2.09. The van der Waals surface area contributed by atoms with Crippen molar-refractivity contribution in [2.45, 2.75) is 6.35 Å². The largest absolute Gasteiger partial charge is 0.462 e. The lowest BCUT2D eigenvalue weighted by atomic mass is 10.3. The Hall–Kier alpha value is -1.06. The van der Waals surface area contributed by atoms with E-state index in [2.05, 4.69) is 10.6 Å². The molecule has 3 nitrogen and oxygen atoms in total. The summed E-state index contributed by atoms with van der Waals surface area (Å²) in [6.07, 6.45) is -0.0209. The van der Waals surface area contributed by atoms with Crippen molar-refractivity contribution in [1.29, 1.82) is 0 Å². The molecule has 0 aromatic heterocycles. The Balaban J connectivity index is 1.94. The third kappa shape index (κ3) is 1.75. The first-order valence-electron chi connectivity index (χ1n) is 4.13. The number of ether oxygens (including phenoxy) is 1. The molecular weight excluding hydrogens is 152 g/mol. The molecule has 0 bridgehead atoms. The third-order valence-electron chi connectivity index (χ3n) is 1.78. The Kier molecular flexibility index (Phi) is 2.25. The molecule has 0 atom stereocenters. The normalized spacial score (nSPS) is 18.0. The van der Waals surface area contributed by atoms with Crippen LogP contribution in [0.4, 0.5) is 0 Å². The maximum Gasteiger partial charge on any atom is 0.207 e. The summed E-state index contributed by atoms with van der Waals surface area (Å²) in [6, 6.07) is 9.79. The minimum atomic E-state index is -0.0209. The molecule has 1 aliphatic rings. The van der Waals surface area contributed by atoms with Crippen molar-refractivity contribution in [3.8, 4) is 5.75 Å². The minimum absolute atomic E-state index is 0.0209. The van der Waals surface area contributed by atoms with Crippen LogP contribution in [0.1, 0.15) is 0 Å². The molecule has 1 saturated heterocycles. The van der Waals surface area contributed by atoms with Crippen molar-refractivity contribution >= 4 is 0 Å². The zero-order valence-electron chi connectivity index (χ0n) is 6.79. The van der Waals surface area contributed by atoms with Gasteiger partial charge in [0, 0.05) is 13.1 Å². The highest BCUT2D eigenvalue weighted by Gasteiger charge is 2.13. The van der Waals surface area contributed by atoms with Gasteiger partial charge in [-0.15, -0.1) is 0 Å². The van der Waals surface area contributed by atoms with E-state index in [-0.39, 0.29) is 6.35 Å². The standard InChI is InChI=1S/C9H12N2O/c1-2-4-8(5-3-1)12-9-10-6-7-11-9/h1-5,9-11H,6-7H2. The zero-order chi connectivity index (χ0) is 8.23. The Morgan fingerprint density at radius 2 is 1.75 bits per heavy atom. The molecule has 0 aliphatic carbocycles. The van der Waals surface area contributed by atoms with Crippen molar-refractivity contribution in [2.75, 3.05) is 13.1 Å². The summed E-state index contributed by atoms with van der Waals surface area (Å²) < 4.78 is 5.55. The molecule has 2 rings (SSSR count). The van der Waals surface area contributed by atoms with Gasteiger partial charge in [0.15, 0.2) is 0 Å². The molecule has 1 fully saturated rings. The van der Waals surface area contributed by atoms with Gasteiger partial charge in [0.2, 0.25) is 6.35 Å². The van der Waals surface area contributed by atoms with Crippen LogP contribution in [0.5, 0.6) is 5.75 Å². The number of hydrogen-bond acceptors (Lipinski definition) is 3. The van der Waals surface area contributed by atoms with Gasteiger partial charge in [-0.3, -0.25) is 10.6 Å². The van der Waals surface area contributed by atoms with Gasteiger partial charge in [-0.2, -0.15) is 0 Å². The molecule has 0 spiro atoms. The van der Waals surface area contributed by atoms with Crippen LogP contribution in [-0.2, 0) is 0 Å². The van der Waals surface area contributed by atoms with Crippen LogP contribution in [0.15, 0.2) is 30.3 Å². The lowest BCUT2D eigenvalue weighted by Crippen LogP contribution is -2.36. The molecule has 1 heterocycles. The van der Waals surface area contributed by atoms with Crippen molar-refractivity contribution < 1.29 is 4.74 Å². The van der Waals surface area contributed by atoms with Gasteiger partial charge in [-0.05, 0) is 12.1 Å². The quantitative estimate of drug-likeness (QED) is 0.669. The van der Waals surface area contributed by atoms with Gasteiger partial charge in [0.1, 0.15) is 5.75 Å². The van der Waals surface area contributed by atoms with Crippen LogP contribution in [0.3, 0.4) is 0 Å². The average Bonchev–Trinajstić information content (AvgIpc) is 2.59. The third-order valence-corrected chi connectivity index (χ3v) is 1.78. The fraction of sp³-hybridized carbons (Fsp3) is 0.333. The van der Waals surface area contributed by atoms with Gasteiger partial charge in [0.25, 0.3) is 0 Å². The minimum Gasteiger partial charge on any atom is -0.462 e. The summed E-state index contributed by atoms with van der Waals surface area (Å²) in [7, 11) is 0. The topological polar surface area (TPSA) is 33.3 Å². The molecule has 1 aliphatic heterocycles. The van der Waals surface area contributed by atoms with Crippen LogP contribution < -0.4 is 15.4 Å². The first-order chi connectivity index (χ1) is 5.95. The number of benzene rings is 1. The molecule has 3 heteroatoms. The summed E-state index contributed by atoms with van der Waals surface area (Å²) in [4.78, 5) is 0. The van der Waals surface area contributed by atoms with Crippen LogP contribution in [0, 0.1) is 0 Å². The van der Waals surface area contributed by atoms with Crippen LogP contribution in [-0.4, -0.2) is 19.4 Å². The van der Waals surface area contributed by atoms with Crippen LogP contribution in [0.2, 0.25) is 0 Å². The Morgan fingerprint density at radius 1 is 1.08 bits per heavy atom. The Morgan fingerprint density at radius 3 is 2.42 bits per heavy atom. The smallest absolute Gasteiger partial charge is 0.207 e. The number of hydrogen-bond donors (Lipinski definition) is 2. The second kappa shape index (κ2) is 3.56. The lowest BCUT2D eigenvalue weighted by Gasteiger charge is -2.13. The van der Waals surface area contributed by atoms with Crippen molar-refractivity contribution in [2.24, 2.45) is 0 Å². The first kappa shape index (κ1) is 7.58. The van der Waals surface area contributed by atoms with Gasteiger partial charge < -0.3 is 4.74 Å². The average molecular weight is 164 g/mol. The summed E-state index contributed by atoms with van der Waals surface area (Å²) in [5.74, 6) is 0.893. The summed E-state index contributed by atoms with van der Waals surface area (Å²) in [5, 5.41) is 6.34. The molecular formula is C9H12N2O. The highest BCUT2D eigenvalue weighted by molar-refractivity contribution is 5.21. The molecule has 64 valence electrons. The molecule has 2 N–H and O–H groups in total. The fourth-order valence-electron chi connectivity index (χ4n) is 1.20. The predicted molar refractivity (Wildman–Crippen MR) is 46.9 cm³/mol. The fourth-order valence-corrected chi connectivity index (χ4v) is 1.20. The second-order valence-electron chi connectivity index (χ2n) is 2.72. The summed E-state index contributed by atoms with van der Waals surface area (Å²) in [5.41, 5.74) is 0. The van der Waals surface area contributed by atoms with Crippen molar-refractivity contribution in [3.63, 3.8) is 0 Å². The van der Waals surface area contributed by atoms with Gasteiger partial charge in [0.05, 0.1) is 0 Å². The second-order valence-corrected chi connectivity index (χ2v) is 2.72. The maximum absolute atomic E-state index is 5.55. The van der Waals surface area contributed by atoms with Gasteiger partial charge >= 0.3 is 0 Å². The van der Waals surface area contributed by atoms with E-state index in [0.29, 0.717) is 0 Å². The number of nitrogens with one attached hydrogen (secondary N) is 2. The van der Waals surface area contributed by atoms with Gasteiger partial charge in [-0.1, -0.05) is 18.2 Å². The van der Waals surface area contributed by atoms with E-state index in [9.17, 15) is 0 Å². The molecule has 0 unspecified atom stereocenters. The molecule has 0 radical (unpaired) electrons.